The molecule has 3 nitrogen and oxygen atoms in total. The number of hydrogen-bond donors (Lipinski definition) is 1. The Morgan fingerprint density at radius 2 is 2.00 bits per heavy atom. The summed E-state index contributed by atoms with van der Waals surface area (Å²) in [7, 11) is 0. The molecule has 2 aromatic rings. The highest BCUT2D eigenvalue weighted by atomic mass is 15.3. The van der Waals surface area contributed by atoms with E-state index in [9.17, 15) is 0 Å². The van der Waals surface area contributed by atoms with Gasteiger partial charge in [-0.15, -0.1) is 0 Å². The molecule has 102 valence electrons. The Bertz CT molecular complexity index is 569. The molecular formula is C16H23N3. The van der Waals surface area contributed by atoms with Crippen molar-refractivity contribution >= 4 is 0 Å². The highest BCUT2D eigenvalue weighted by Crippen LogP contribution is 2.29. The van der Waals surface area contributed by atoms with Crippen molar-refractivity contribution in [1.82, 2.24) is 9.78 Å². The standard InChI is InChI=1S/C16H23N3/c1-5-15(17)13-8-7-9-14(10-13)16-11(3)18-19(6-2)12(16)4/h7-10,15H,5-6,17H2,1-4H3. The summed E-state index contributed by atoms with van der Waals surface area (Å²) in [4.78, 5) is 0. The van der Waals surface area contributed by atoms with Gasteiger partial charge in [-0.25, -0.2) is 0 Å². The molecule has 0 saturated carbocycles. The van der Waals surface area contributed by atoms with Crippen LogP contribution in [0.15, 0.2) is 24.3 Å². The van der Waals surface area contributed by atoms with Crippen molar-refractivity contribution in [2.75, 3.05) is 0 Å². The summed E-state index contributed by atoms with van der Waals surface area (Å²) in [5.41, 5.74) is 12.1. The van der Waals surface area contributed by atoms with Crippen LogP contribution in [0, 0.1) is 13.8 Å². The van der Waals surface area contributed by atoms with Crippen molar-refractivity contribution in [3.8, 4) is 11.1 Å². The van der Waals surface area contributed by atoms with Gasteiger partial charge in [-0.05, 0) is 44.4 Å². The van der Waals surface area contributed by atoms with Crippen molar-refractivity contribution in [3.63, 3.8) is 0 Å². The van der Waals surface area contributed by atoms with E-state index in [-0.39, 0.29) is 6.04 Å². The number of nitrogens with zero attached hydrogens (tertiary/aromatic N) is 2. The van der Waals surface area contributed by atoms with E-state index in [0.717, 1.165) is 18.7 Å². The Morgan fingerprint density at radius 1 is 1.26 bits per heavy atom. The number of rotatable bonds is 4. The third-order valence-electron chi connectivity index (χ3n) is 3.72. The van der Waals surface area contributed by atoms with Crippen molar-refractivity contribution in [2.24, 2.45) is 5.73 Å². The molecular weight excluding hydrogens is 234 g/mol. The van der Waals surface area contributed by atoms with Gasteiger partial charge in [0.15, 0.2) is 0 Å². The van der Waals surface area contributed by atoms with Crippen LogP contribution in [0.3, 0.4) is 0 Å². The zero-order valence-electron chi connectivity index (χ0n) is 12.3. The maximum absolute atomic E-state index is 6.13. The van der Waals surface area contributed by atoms with E-state index in [0.29, 0.717) is 0 Å². The first-order chi connectivity index (χ1) is 9.08. The molecule has 19 heavy (non-hydrogen) atoms. The average Bonchev–Trinajstić information content (AvgIpc) is 2.72. The van der Waals surface area contributed by atoms with E-state index in [4.69, 9.17) is 5.73 Å². The topological polar surface area (TPSA) is 43.8 Å². The lowest BCUT2D eigenvalue weighted by atomic mass is 9.98. The maximum atomic E-state index is 6.13. The molecule has 3 heteroatoms. The molecule has 0 fully saturated rings. The second kappa shape index (κ2) is 5.57. The lowest BCUT2D eigenvalue weighted by Crippen LogP contribution is -2.08. The molecule has 1 atom stereocenters. The summed E-state index contributed by atoms with van der Waals surface area (Å²) < 4.78 is 2.05. The molecule has 1 aromatic carbocycles. The van der Waals surface area contributed by atoms with Gasteiger partial charge in [-0.3, -0.25) is 4.68 Å². The number of benzene rings is 1. The third kappa shape index (κ3) is 2.56. The summed E-state index contributed by atoms with van der Waals surface area (Å²) in [5, 5.41) is 4.59. The van der Waals surface area contributed by atoms with Crippen molar-refractivity contribution in [3.05, 3.63) is 41.2 Å². The number of aryl methyl sites for hydroxylation is 2. The van der Waals surface area contributed by atoms with E-state index in [1.807, 2.05) is 0 Å². The number of hydrogen-bond acceptors (Lipinski definition) is 2. The van der Waals surface area contributed by atoms with Crippen LogP contribution in [0.25, 0.3) is 11.1 Å². The largest absolute Gasteiger partial charge is 0.324 e. The second-order valence-electron chi connectivity index (χ2n) is 5.00. The second-order valence-corrected chi connectivity index (χ2v) is 5.00. The van der Waals surface area contributed by atoms with Crippen molar-refractivity contribution in [1.29, 1.82) is 0 Å². The first-order valence-corrected chi connectivity index (χ1v) is 6.98. The predicted octanol–water partition coefficient (Wildman–Crippen LogP) is 3.60. The van der Waals surface area contributed by atoms with Gasteiger partial charge in [0.1, 0.15) is 0 Å². The summed E-state index contributed by atoms with van der Waals surface area (Å²) in [6.45, 7) is 9.34. The minimum atomic E-state index is 0.113. The molecule has 0 aliphatic heterocycles. The van der Waals surface area contributed by atoms with E-state index >= 15 is 0 Å². The highest BCUT2D eigenvalue weighted by molar-refractivity contribution is 5.69. The van der Waals surface area contributed by atoms with Gasteiger partial charge in [-0.2, -0.15) is 5.10 Å². The van der Waals surface area contributed by atoms with Crippen LogP contribution in [0.4, 0.5) is 0 Å². The number of nitrogens with two attached hydrogens (primary N) is 1. The molecule has 0 aliphatic carbocycles. The molecule has 0 amide bonds. The minimum Gasteiger partial charge on any atom is -0.324 e. The van der Waals surface area contributed by atoms with Crippen LogP contribution >= 0.6 is 0 Å². The fraction of sp³-hybridized carbons (Fsp3) is 0.438. The molecule has 0 aliphatic rings. The van der Waals surface area contributed by atoms with E-state index in [1.54, 1.807) is 0 Å². The fourth-order valence-electron chi connectivity index (χ4n) is 2.58. The molecule has 2 N–H and O–H groups in total. The normalized spacial score (nSPS) is 12.7. The highest BCUT2D eigenvalue weighted by Gasteiger charge is 2.13. The van der Waals surface area contributed by atoms with Crippen molar-refractivity contribution < 1.29 is 0 Å². The molecule has 1 heterocycles. The molecule has 1 unspecified atom stereocenters. The molecule has 0 radical (unpaired) electrons. The monoisotopic (exact) mass is 257 g/mol. The number of aromatic nitrogens is 2. The summed E-state index contributed by atoms with van der Waals surface area (Å²) in [5.74, 6) is 0. The van der Waals surface area contributed by atoms with Crippen molar-refractivity contribution in [2.45, 2.75) is 46.7 Å². The van der Waals surface area contributed by atoms with Gasteiger partial charge in [0, 0.05) is 23.8 Å². The molecule has 1 aromatic heterocycles. The van der Waals surface area contributed by atoms with Crippen LogP contribution in [0.2, 0.25) is 0 Å². The van der Waals surface area contributed by atoms with Gasteiger partial charge in [0.25, 0.3) is 0 Å². The maximum Gasteiger partial charge on any atom is 0.0674 e. The Hall–Kier alpha value is -1.61. The van der Waals surface area contributed by atoms with Crippen LogP contribution in [-0.4, -0.2) is 9.78 Å². The summed E-state index contributed by atoms with van der Waals surface area (Å²) >= 11 is 0. The van der Waals surface area contributed by atoms with Gasteiger partial charge < -0.3 is 5.73 Å². The first-order valence-electron chi connectivity index (χ1n) is 6.98. The molecule has 2 rings (SSSR count). The lowest BCUT2D eigenvalue weighted by Gasteiger charge is -2.11. The van der Waals surface area contributed by atoms with Gasteiger partial charge >= 0.3 is 0 Å². The van der Waals surface area contributed by atoms with E-state index < -0.39 is 0 Å². The van der Waals surface area contributed by atoms with Crippen LogP contribution in [0.1, 0.15) is 43.3 Å². The zero-order valence-corrected chi connectivity index (χ0v) is 12.3. The quantitative estimate of drug-likeness (QED) is 0.909. The molecule has 0 spiro atoms. The van der Waals surface area contributed by atoms with Crippen LogP contribution in [0.5, 0.6) is 0 Å². The lowest BCUT2D eigenvalue weighted by molar-refractivity contribution is 0.634. The van der Waals surface area contributed by atoms with Gasteiger partial charge in [0.2, 0.25) is 0 Å². The Labute approximate surface area is 115 Å². The SMILES string of the molecule is CCC(N)c1cccc(-c2c(C)nn(CC)c2C)c1. The minimum absolute atomic E-state index is 0.113. The Balaban J connectivity index is 2.50. The first kappa shape index (κ1) is 13.8. The summed E-state index contributed by atoms with van der Waals surface area (Å²) in [6.07, 6.45) is 0.954. The average molecular weight is 257 g/mol. The zero-order chi connectivity index (χ0) is 14.0. The predicted molar refractivity (Wildman–Crippen MR) is 80.0 cm³/mol. The van der Waals surface area contributed by atoms with Gasteiger partial charge in [0.05, 0.1) is 5.69 Å². The van der Waals surface area contributed by atoms with Crippen LogP contribution < -0.4 is 5.73 Å². The smallest absolute Gasteiger partial charge is 0.0674 e. The Morgan fingerprint density at radius 3 is 2.58 bits per heavy atom. The Kier molecular flexibility index (Phi) is 4.05. The van der Waals surface area contributed by atoms with E-state index in [1.165, 1.54) is 22.4 Å². The van der Waals surface area contributed by atoms with E-state index in [2.05, 4.69) is 61.7 Å². The molecule has 0 saturated heterocycles. The fourth-order valence-corrected chi connectivity index (χ4v) is 2.58. The summed E-state index contributed by atoms with van der Waals surface area (Å²) in [6, 6.07) is 8.64. The van der Waals surface area contributed by atoms with Gasteiger partial charge in [-0.1, -0.05) is 25.1 Å². The van der Waals surface area contributed by atoms with Crippen LogP contribution in [-0.2, 0) is 6.54 Å². The third-order valence-corrected chi connectivity index (χ3v) is 3.72. The molecule has 0 bridgehead atoms.